The number of aromatic nitrogens is 3. The SMILES string of the molecule is C=NN(C)/C1=C\CCSCc2nn3c(c2-c2c(Cl)ccc4c2c(C)c(C(=O)O)n4CCCOc2cc(cc4ccccc24)SC1)CCCC3. The fraction of sp³-hybridized carbons (Fsp3) is 0.342. The van der Waals surface area contributed by atoms with Gasteiger partial charge in [0.25, 0.3) is 0 Å². The van der Waals surface area contributed by atoms with Gasteiger partial charge in [-0.05, 0) is 80.0 Å². The van der Waals surface area contributed by atoms with Crippen LogP contribution in [0.2, 0.25) is 5.02 Å². The summed E-state index contributed by atoms with van der Waals surface area (Å²) in [5.41, 5.74) is 7.18. The van der Waals surface area contributed by atoms with Crippen LogP contribution in [0.25, 0.3) is 32.8 Å². The molecule has 1 N–H and O–H groups in total. The van der Waals surface area contributed by atoms with E-state index in [9.17, 15) is 9.90 Å². The van der Waals surface area contributed by atoms with Crippen molar-refractivity contribution >= 4 is 69.5 Å². The maximum atomic E-state index is 12.8. The Balaban J connectivity index is 1.34. The van der Waals surface area contributed by atoms with Gasteiger partial charge < -0.3 is 14.4 Å². The number of ether oxygens (including phenoxy) is 1. The van der Waals surface area contributed by atoms with Crippen molar-refractivity contribution in [3.8, 4) is 16.9 Å². The lowest BCUT2D eigenvalue weighted by molar-refractivity contribution is 0.0684. The molecule has 2 aliphatic heterocycles. The molecule has 0 saturated carbocycles. The van der Waals surface area contributed by atoms with Gasteiger partial charge in [-0.15, -0.1) is 11.8 Å². The number of thioether (sulfide) groups is 2. The average molecular weight is 714 g/mol. The van der Waals surface area contributed by atoms with Gasteiger partial charge in [0.2, 0.25) is 0 Å². The molecule has 0 amide bonds. The zero-order valence-corrected chi connectivity index (χ0v) is 30.3. The first kappa shape index (κ1) is 33.6. The Kier molecular flexibility index (Phi) is 9.99. The minimum absolute atomic E-state index is 0.294. The van der Waals surface area contributed by atoms with Crippen LogP contribution in [0.3, 0.4) is 0 Å². The minimum atomic E-state index is -0.945. The van der Waals surface area contributed by atoms with E-state index in [1.54, 1.807) is 11.8 Å². The van der Waals surface area contributed by atoms with Crippen molar-refractivity contribution in [1.29, 1.82) is 0 Å². The first-order chi connectivity index (χ1) is 23.9. The van der Waals surface area contributed by atoms with Crippen molar-refractivity contribution in [2.45, 2.75) is 62.8 Å². The number of fused-ring (bicyclic) bond motifs is 8. The van der Waals surface area contributed by atoms with Crippen molar-refractivity contribution < 1.29 is 14.6 Å². The third kappa shape index (κ3) is 6.58. The number of aryl methyl sites for hydroxylation is 3. The molecular formula is C38H40ClN5O3S2. The summed E-state index contributed by atoms with van der Waals surface area (Å²) in [6.07, 6.45) is 6.85. The lowest BCUT2D eigenvalue weighted by Gasteiger charge is -2.17. The summed E-state index contributed by atoms with van der Waals surface area (Å²) >= 11 is 10.7. The van der Waals surface area contributed by atoms with E-state index in [4.69, 9.17) is 21.4 Å². The molecule has 0 saturated heterocycles. The maximum absolute atomic E-state index is 12.8. The summed E-state index contributed by atoms with van der Waals surface area (Å²) < 4.78 is 10.6. The molecular weight excluding hydrogens is 674 g/mol. The van der Waals surface area contributed by atoms with E-state index in [0.717, 1.165) is 110 Å². The van der Waals surface area contributed by atoms with E-state index >= 15 is 0 Å². The number of nitrogens with zero attached hydrogens (tertiary/aromatic N) is 5. The lowest BCUT2D eigenvalue weighted by atomic mass is 9.94. The van der Waals surface area contributed by atoms with Gasteiger partial charge in [-0.3, -0.25) is 9.69 Å². The molecule has 0 radical (unpaired) electrons. The van der Waals surface area contributed by atoms with Gasteiger partial charge in [0, 0.05) is 87.1 Å². The summed E-state index contributed by atoms with van der Waals surface area (Å²) in [7, 11) is 1.94. The monoisotopic (exact) mass is 713 g/mol. The van der Waals surface area contributed by atoms with Crippen molar-refractivity contribution in [2.24, 2.45) is 5.10 Å². The first-order valence-electron chi connectivity index (χ1n) is 16.7. The lowest BCUT2D eigenvalue weighted by Crippen LogP contribution is -2.12. The highest BCUT2D eigenvalue weighted by molar-refractivity contribution is 7.99. The van der Waals surface area contributed by atoms with E-state index < -0.39 is 5.97 Å². The van der Waals surface area contributed by atoms with Crippen LogP contribution in [0, 0.1) is 6.92 Å². The molecule has 0 aliphatic carbocycles. The number of carboxylic acids is 1. The average Bonchev–Trinajstić information content (AvgIpc) is 3.61. The Labute approximate surface area is 300 Å². The summed E-state index contributed by atoms with van der Waals surface area (Å²) in [6, 6.07) is 16.5. The zero-order chi connectivity index (χ0) is 34.1. The second-order valence-corrected chi connectivity index (χ2v) is 15.1. The topological polar surface area (TPSA) is 84.9 Å². The van der Waals surface area contributed by atoms with Gasteiger partial charge in [-0.25, -0.2) is 4.79 Å². The molecule has 8 nitrogen and oxygen atoms in total. The number of hydrogen-bond acceptors (Lipinski definition) is 7. The van der Waals surface area contributed by atoms with Gasteiger partial charge in [0.15, 0.2) is 0 Å². The number of carbonyl (C=O) groups is 1. The van der Waals surface area contributed by atoms with Crippen LogP contribution < -0.4 is 4.74 Å². The number of allylic oxidation sites excluding steroid dienone is 1. The van der Waals surface area contributed by atoms with Crippen LogP contribution in [0.5, 0.6) is 5.75 Å². The largest absolute Gasteiger partial charge is 0.493 e. The summed E-state index contributed by atoms with van der Waals surface area (Å²) in [5, 5.41) is 25.4. The number of aromatic carboxylic acids is 1. The van der Waals surface area contributed by atoms with E-state index in [1.807, 2.05) is 59.6 Å². The summed E-state index contributed by atoms with van der Waals surface area (Å²) in [6.45, 7) is 7.49. The molecule has 0 unspecified atom stereocenters. The zero-order valence-electron chi connectivity index (χ0n) is 27.9. The van der Waals surface area contributed by atoms with Crippen LogP contribution in [0.4, 0.5) is 0 Å². The molecule has 2 aromatic heterocycles. The van der Waals surface area contributed by atoms with Gasteiger partial charge in [-0.2, -0.15) is 22.0 Å². The number of rotatable bonds is 3. The molecule has 4 heterocycles. The fourth-order valence-corrected chi connectivity index (χ4v) is 9.26. The van der Waals surface area contributed by atoms with Crippen LogP contribution in [0.15, 0.2) is 70.3 Å². The highest BCUT2D eigenvalue weighted by Crippen LogP contribution is 2.44. The Hall–Kier alpha value is -3.86. The molecule has 254 valence electrons. The standard InChI is InChI=1S/C38H40ClN5O3S2/c1-24-34-31-15-14-29(39)35(34)36-30(41-44-17-7-6-13-32(36)44)23-48-19-8-11-26(42(3)40-2)22-49-27-20-25-10-4-5-12-28(25)33(21-27)47-18-9-16-43(31)37(24)38(45)46/h4-5,10-12,14-15,20-21H,2,6-9,13,16-19,22-23H2,1,3H3,(H,45,46)/b26-11-. The number of hydrazone groups is 1. The van der Waals surface area contributed by atoms with Crippen molar-refractivity contribution in [2.75, 3.05) is 25.2 Å². The third-order valence-electron chi connectivity index (χ3n) is 9.52. The Morgan fingerprint density at radius 2 is 1.96 bits per heavy atom. The molecule has 49 heavy (non-hydrogen) atoms. The molecule has 3 aromatic carbocycles. The Morgan fingerprint density at radius 1 is 1.10 bits per heavy atom. The van der Waals surface area contributed by atoms with Gasteiger partial charge >= 0.3 is 5.97 Å². The van der Waals surface area contributed by atoms with E-state index in [0.29, 0.717) is 30.3 Å². The minimum Gasteiger partial charge on any atom is -0.493 e. The fourth-order valence-electron chi connectivity index (χ4n) is 7.17. The van der Waals surface area contributed by atoms with Crippen molar-refractivity contribution in [1.82, 2.24) is 19.4 Å². The predicted molar refractivity (Wildman–Crippen MR) is 204 cm³/mol. The maximum Gasteiger partial charge on any atom is 0.352 e. The van der Waals surface area contributed by atoms with Crippen molar-refractivity contribution in [3.63, 3.8) is 0 Å². The molecule has 6 bridgehead atoms. The number of halogens is 1. The van der Waals surface area contributed by atoms with E-state index in [-0.39, 0.29) is 0 Å². The van der Waals surface area contributed by atoms with E-state index in [1.165, 1.54) is 5.69 Å². The summed E-state index contributed by atoms with van der Waals surface area (Å²) in [4.78, 5) is 13.9. The second-order valence-electron chi connectivity index (χ2n) is 12.5. The first-order valence-corrected chi connectivity index (χ1v) is 19.3. The highest BCUT2D eigenvalue weighted by Gasteiger charge is 2.29. The molecule has 2 aliphatic rings. The number of hydrogen-bond donors (Lipinski definition) is 1. The normalized spacial score (nSPS) is 17.0. The predicted octanol–water partition coefficient (Wildman–Crippen LogP) is 9.28. The van der Waals surface area contributed by atoms with Crippen LogP contribution >= 0.6 is 35.1 Å². The van der Waals surface area contributed by atoms with Gasteiger partial charge in [0.05, 0.1) is 12.3 Å². The Bertz CT molecular complexity index is 2100. The molecule has 5 aromatic rings. The van der Waals surface area contributed by atoms with Gasteiger partial charge in [-0.1, -0.05) is 41.9 Å². The Morgan fingerprint density at radius 3 is 2.80 bits per heavy atom. The van der Waals surface area contributed by atoms with Crippen LogP contribution in [-0.4, -0.2) is 62.3 Å². The highest BCUT2D eigenvalue weighted by atomic mass is 35.5. The molecule has 7 rings (SSSR count). The second kappa shape index (κ2) is 14.5. The summed E-state index contributed by atoms with van der Waals surface area (Å²) in [5.74, 6) is 2.26. The molecule has 0 atom stereocenters. The van der Waals surface area contributed by atoms with Gasteiger partial charge in [0.1, 0.15) is 11.4 Å². The number of carboxylic acid groups (broad SMARTS) is 1. The molecule has 11 heteroatoms. The number of benzene rings is 3. The molecule has 0 spiro atoms. The molecule has 0 fully saturated rings. The third-order valence-corrected chi connectivity index (χ3v) is 11.8. The quantitative estimate of drug-likeness (QED) is 0.147. The van der Waals surface area contributed by atoms with E-state index in [2.05, 4.69) is 46.8 Å². The van der Waals surface area contributed by atoms with Crippen LogP contribution in [-0.2, 0) is 25.3 Å². The smallest absolute Gasteiger partial charge is 0.352 e. The van der Waals surface area contributed by atoms with Crippen molar-refractivity contribution in [3.05, 3.63) is 88.0 Å². The van der Waals surface area contributed by atoms with Crippen LogP contribution in [0.1, 0.15) is 53.1 Å².